The number of aliphatic carboxylic acids is 1. The summed E-state index contributed by atoms with van der Waals surface area (Å²) in [4.78, 5) is 23.0. The maximum absolute atomic E-state index is 12.0. The molecule has 0 saturated carbocycles. The zero-order chi connectivity index (χ0) is 16.7. The predicted octanol–water partition coefficient (Wildman–Crippen LogP) is 2.37. The van der Waals surface area contributed by atoms with Crippen LogP contribution in [0.15, 0.2) is 18.2 Å². The number of carboxylic acid groups (broad SMARTS) is 1. The third kappa shape index (κ3) is 5.71. The van der Waals surface area contributed by atoms with Crippen LogP contribution >= 0.6 is 23.2 Å². The fourth-order valence-electron chi connectivity index (χ4n) is 1.59. The minimum Gasteiger partial charge on any atom is -0.481 e. The maximum Gasteiger partial charge on any atom is 0.326 e. The molecule has 0 fully saturated rings. The summed E-state index contributed by atoms with van der Waals surface area (Å²) in [6, 6.07) is 3.56. The molecule has 1 amide bonds. The number of amides is 1. The molecule has 122 valence electrons. The van der Waals surface area contributed by atoms with Gasteiger partial charge in [-0.2, -0.15) is 0 Å². The number of methoxy groups -OCH3 is 1. The van der Waals surface area contributed by atoms with E-state index >= 15 is 0 Å². The van der Waals surface area contributed by atoms with Crippen molar-refractivity contribution >= 4 is 35.1 Å². The minimum absolute atomic E-state index is 0.164. The van der Waals surface area contributed by atoms with Crippen molar-refractivity contribution < 1.29 is 24.2 Å². The molecule has 2 atom stereocenters. The second-order valence-corrected chi connectivity index (χ2v) is 5.33. The Morgan fingerprint density at radius 3 is 2.55 bits per heavy atom. The van der Waals surface area contributed by atoms with Gasteiger partial charge in [-0.05, 0) is 19.1 Å². The Kier molecular flexibility index (Phi) is 7.44. The molecule has 6 nitrogen and oxygen atoms in total. The Hall–Kier alpha value is -1.50. The third-order valence-electron chi connectivity index (χ3n) is 2.80. The summed E-state index contributed by atoms with van der Waals surface area (Å²) in [5.74, 6) is -1.32. The summed E-state index contributed by atoms with van der Waals surface area (Å²) < 4.78 is 10.2. The van der Waals surface area contributed by atoms with Crippen molar-refractivity contribution in [3.05, 3.63) is 28.2 Å². The lowest BCUT2D eigenvalue weighted by atomic mass is 10.2. The van der Waals surface area contributed by atoms with E-state index in [0.717, 1.165) is 0 Å². The quantitative estimate of drug-likeness (QED) is 0.752. The van der Waals surface area contributed by atoms with Crippen molar-refractivity contribution in [2.75, 3.05) is 13.7 Å². The van der Waals surface area contributed by atoms with Gasteiger partial charge in [-0.1, -0.05) is 23.2 Å². The van der Waals surface area contributed by atoms with Gasteiger partial charge in [0.1, 0.15) is 11.8 Å². The molecule has 0 aliphatic heterocycles. The molecule has 22 heavy (non-hydrogen) atoms. The first kappa shape index (κ1) is 18.5. The van der Waals surface area contributed by atoms with Gasteiger partial charge in [0.05, 0.1) is 10.0 Å². The Balaban J connectivity index is 2.63. The summed E-state index contributed by atoms with van der Waals surface area (Å²) in [5.41, 5.74) is 0. The normalized spacial score (nSPS) is 13.3. The average Bonchev–Trinajstić information content (AvgIpc) is 2.46. The van der Waals surface area contributed by atoms with Crippen molar-refractivity contribution in [3.8, 4) is 5.75 Å². The average molecular weight is 350 g/mol. The van der Waals surface area contributed by atoms with Crippen LogP contribution in [0, 0.1) is 0 Å². The first-order valence-electron chi connectivity index (χ1n) is 6.49. The van der Waals surface area contributed by atoms with E-state index in [0.29, 0.717) is 15.8 Å². The van der Waals surface area contributed by atoms with Crippen LogP contribution in [-0.4, -0.2) is 42.8 Å². The van der Waals surface area contributed by atoms with Gasteiger partial charge < -0.3 is 19.9 Å². The number of nitrogens with one attached hydrogen (secondary N) is 1. The lowest BCUT2D eigenvalue weighted by Crippen LogP contribution is -2.46. The molecule has 0 aromatic heterocycles. The molecule has 8 heteroatoms. The SMILES string of the molecule is COCCC(NC(=O)C(C)Oc1ccc(Cl)c(Cl)c1)C(=O)O. The second kappa shape index (κ2) is 8.82. The Morgan fingerprint density at radius 2 is 2.00 bits per heavy atom. The van der Waals surface area contributed by atoms with Gasteiger partial charge in [-0.25, -0.2) is 4.79 Å². The van der Waals surface area contributed by atoms with E-state index in [1.54, 1.807) is 12.1 Å². The molecule has 0 radical (unpaired) electrons. The first-order valence-corrected chi connectivity index (χ1v) is 7.24. The molecule has 1 rings (SSSR count). The molecule has 0 aliphatic carbocycles. The number of halogens is 2. The van der Waals surface area contributed by atoms with Gasteiger partial charge in [-0.3, -0.25) is 4.79 Å². The van der Waals surface area contributed by atoms with E-state index in [2.05, 4.69) is 5.32 Å². The van der Waals surface area contributed by atoms with Gasteiger partial charge in [0, 0.05) is 26.2 Å². The van der Waals surface area contributed by atoms with Gasteiger partial charge in [0.2, 0.25) is 0 Å². The summed E-state index contributed by atoms with van der Waals surface area (Å²) in [6.07, 6.45) is -0.724. The number of carboxylic acids is 1. The van der Waals surface area contributed by atoms with Gasteiger partial charge >= 0.3 is 5.97 Å². The van der Waals surface area contributed by atoms with Crippen LogP contribution in [0.4, 0.5) is 0 Å². The second-order valence-electron chi connectivity index (χ2n) is 4.52. The van der Waals surface area contributed by atoms with E-state index in [1.807, 2.05) is 0 Å². The predicted molar refractivity (Wildman–Crippen MR) is 82.6 cm³/mol. The van der Waals surface area contributed by atoms with Gasteiger partial charge in [-0.15, -0.1) is 0 Å². The van der Waals surface area contributed by atoms with E-state index in [-0.39, 0.29) is 13.0 Å². The summed E-state index contributed by atoms with van der Waals surface area (Å²) in [7, 11) is 1.46. The maximum atomic E-state index is 12.0. The fourth-order valence-corrected chi connectivity index (χ4v) is 1.88. The molecule has 0 heterocycles. The molecule has 1 aromatic carbocycles. The summed E-state index contributed by atoms with van der Waals surface area (Å²) in [6.45, 7) is 1.73. The van der Waals surface area contributed by atoms with Crippen molar-refractivity contribution in [3.63, 3.8) is 0 Å². The fraction of sp³-hybridized carbons (Fsp3) is 0.429. The lowest BCUT2D eigenvalue weighted by Gasteiger charge is -2.19. The van der Waals surface area contributed by atoms with E-state index < -0.39 is 24.0 Å². The highest BCUT2D eigenvalue weighted by Gasteiger charge is 2.23. The molecule has 2 N–H and O–H groups in total. The minimum atomic E-state index is -1.13. The Morgan fingerprint density at radius 1 is 1.32 bits per heavy atom. The molecular weight excluding hydrogens is 333 g/mol. The highest BCUT2D eigenvalue weighted by atomic mass is 35.5. The Labute approximate surface area is 138 Å². The number of carbonyl (C=O) groups is 2. The van der Waals surface area contributed by atoms with E-state index in [4.69, 9.17) is 37.8 Å². The number of ether oxygens (including phenoxy) is 2. The highest BCUT2D eigenvalue weighted by Crippen LogP contribution is 2.26. The molecule has 0 bridgehead atoms. The number of benzene rings is 1. The molecular formula is C14H17Cl2NO5. The molecule has 0 spiro atoms. The van der Waals surface area contributed by atoms with Crippen molar-refractivity contribution in [2.45, 2.75) is 25.5 Å². The Bertz CT molecular complexity index is 538. The monoisotopic (exact) mass is 349 g/mol. The largest absolute Gasteiger partial charge is 0.481 e. The standard InChI is InChI=1S/C14H17Cl2NO5/c1-8(22-9-3-4-10(15)11(16)7-9)13(18)17-12(14(19)20)5-6-21-2/h3-4,7-8,12H,5-6H2,1-2H3,(H,17,18)(H,19,20). The van der Waals surface area contributed by atoms with Gasteiger partial charge in [0.25, 0.3) is 5.91 Å². The van der Waals surface area contributed by atoms with Crippen molar-refractivity contribution in [1.82, 2.24) is 5.32 Å². The summed E-state index contributed by atoms with van der Waals surface area (Å²) in [5, 5.41) is 12.1. The van der Waals surface area contributed by atoms with E-state index in [1.165, 1.54) is 20.1 Å². The van der Waals surface area contributed by atoms with Crippen LogP contribution in [0.25, 0.3) is 0 Å². The van der Waals surface area contributed by atoms with Gasteiger partial charge in [0.15, 0.2) is 6.10 Å². The lowest BCUT2D eigenvalue weighted by molar-refractivity contribution is -0.143. The third-order valence-corrected chi connectivity index (χ3v) is 3.54. The number of rotatable bonds is 8. The summed E-state index contributed by atoms with van der Waals surface area (Å²) >= 11 is 11.6. The van der Waals surface area contributed by atoms with Crippen LogP contribution < -0.4 is 10.1 Å². The molecule has 2 unspecified atom stereocenters. The van der Waals surface area contributed by atoms with Crippen LogP contribution in [0.2, 0.25) is 10.0 Å². The van der Waals surface area contributed by atoms with E-state index in [9.17, 15) is 9.59 Å². The van der Waals surface area contributed by atoms with Crippen LogP contribution in [0.3, 0.4) is 0 Å². The number of hydrogen-bond donors (Lipinski definition) is 2. The van der Waals surface area contributed by atoms with Crippen LogP contribution in [-0.2, 0) is 14.3 Å². The molecule has 1 aromatic rings. The molecule has 0 saturated heterocycles. The zero-order valence-electron chi connectivity index (χ0n) is 12.1. The number of hydrogen-bond acceptors (Lipinski definition) is 4. The first-order chi connectivity index (χ1) is 10.3. The van der Waals surface area contributed by atoms with Crippen LogP contribution in [0.5, 0.6) is 5.75 Å². The van der Waals surface area contributed by atoms with Crippen LogP contribution in [0.1, 0.15) is 13.3 Å². The highest BCUT2D eigenvalue weighted by molar-refractivity contribution is 6.42. The topological polar surface area (TPSA) is 84.9 Å². The molecule has 0 aliphatic rings. The number of carbonyl (C=O) groups excluding carboxylic acids is 1. The zero-order valence-corrected chi connectivity index (χ0v) is 13.6. The van der Waals surface area contributed by atoms with Crippen molar-refractivity contribution in [2.24, 2.45) is 0 Å². The smallest absolute Gasteiger partial charge is 0.326 e. The van der Waals surface area contributed by atoms with Crippen molar-refractivity contribution in [1.29, 1.82) is 0 Å².